The highest BCUT2D eigenvalue weighted by Gasteiger charge is 2.37. The molecule has 1 atom stereocenters. The summed E-state index contributed by atoms with van der Waals surface area (Å²) in [6.07, 6.45) is 0.682. The molecule has 1 N–H and O–H groups in total. The van der Waals surface area contributed by atoms with Crippen LogP contribution in [0.1, 0.15) is 30.4 Å². The number of carbonyl (C=O) groups excluding carboxylic acids is 2. The van der Waals surface area contributed by atoms with Crippen LogP contribution in [-0.2, 0) is 19.4 Å². The molecule has 3 rings (SSSR count). The molecule has 0 aliphatic carbocycles. The zero-order chi connectivity index (χ0) is 19.1. The number of amides is 2. The number of hydrazone groups is 1. The van der Waals surface area contributed by atoms with Gasteiger partial charge in [0, 0.05) is 12.8 Å². The van der Waals surface area contributed by atoms with Crippen LogP contribution in [0.2, 0.25) is 5.02 Å². The maximum absolute atomic E-state index is 12.6. The quantitative estimate of drug-likeness (QED) is 0.844. The van der Waals surface area contributed by atoms with Crippen molar-refractivity contribution in [3.63, 3.8) is 0 Å². The number of aryl methyl sites for hydroxylation is 2. The van der Waals surface area contributed by atoms with Gasteiger partial charge in [-0.3, -0.25) is 9.59 Å². The van der Waals surface area contributed by atoms with Crippen LogP contribution in [0.3, 0.4) is 0 Å². The fourth-order valence-electron chi connectivity index (χ4n) is 3.25. The molecule has 26 heavy (non-hydrogen) atoms. The fraction of sp³-hybridized carbons (Fsp3) is 0.471. The summed E-state index contributed by atoms with van der Waals surface area (Å²) in [6, 6.07) is 3.16. The third-order valence-electron chi connectivity index (χ3n) is 4.55. The molecular weight excluding hydrogens is 378 g/mol. The Morgan fingerprint density at radius 2 is 2.04 bits per heavy atom. The van der Waals surface area contributed by atoms with Crippen LogP contribution in [0.5, 0.6) is 0 Å². The van der Waals surface area contributed by atoms with Crippen LogP contribution in [0.15, 0.2) is 17.2 Å². The van der Waals surface area contributed by atoms with Gasteiger partial charge in [0.1, 0.15) is 5.71 Å². The van der Waals surface area contributed by atoms with Crippen molar-refractivity contribution in [3.05, 3.63) is 28.3 Å². The standard InChI is InChI=1S/C17H20ClN3O4S/c1-10-7-11(2)16(13(18)8-10)19-17(23)14-3-4-15(22)21(20-14)12-5-6-26(24,25)9-12/h7-8,12H,3-6,9H2,1-2H3,(H,19,23). The van der Waals surface area contributed by atoms with Crippen LogP contribution in [0.4, 0.5) is 5.69 Å². The first-order valence-corrected chi connectivity index (χ1v) is 10.5. The lowest BCUT2D eigenvalue weighted by Crippen LogP contribution is -2.42. The molecule has 2 aliphatic heterocycles. The summed E-state index contributed by atoms with van der Waals surface area (Å²) in [6.45, 7) is 3.76. The van der Waals surface area contributed by atoms with E-state index in [-0.39, 0.29) is 36.0 Å². The van der Waals surface area contributed by atoms with Crippen molar-refractivity contribution in [1.29, 1.82) is 0 Å². The minimum atomic E-state index is -3.15. The van der Waals surface area contributed by atoms with E-state index in [9.17, 15) is 18.0 Å². The van der Waals surface area contributed by atoms with Crippen molar-refractivity contribution in [2.45, 2.75) is 39.2 Å². The van der Waals surface area contributed by atoms with E-state index in [1.165, 1.54) is 5.01 Å². The van der Waals surface area contributed by atoms with Gasteiger partial charge in [-0.15, -0.1) is 0 Å². The van der Waals surface area contributed by atoms with Gasteiger partial charge in [0.05, 0.1) is 28.3 Å². The lowest BCUT2D eigenvalue weighted by atomic mass is 10.1. The number of anilines is 1. The van der Waals surface area contributed by atoms with Gasteiger partial charge in [0.25, 0.3) is 5.91 Å². The molecular formula is C17H20ClN3O4S. The van der Waals surface area contributed by atoms with E-state index in [1.54, 1.807) is 6.07 Å². The van der Waals surface area contributed by atoms with Crippen molar-refractivity contribution in [3.8, 4) is 0 Å². The van der Waals surface area contributed by atoms with Crippen molar-refractivity contribution in [2.75, 3.05) is 16.8 Å². The molecule has 1 saturated heterocycles. The molecule has 7 nitrogen and oxygen atoms in total. The first-order chi connectivity index (χ1) is 12.2. The van der Waals surface area contributed by atoms with Crippen LogP contribution in [-0.4, -0.2) is 48.5 Å². The smallest absolute Gasteiger partial charge is 0.271 e. The van der Waals surface area contributed by atoms with Crippen LogP contribution in [0.25, 0.3) is 0 Å². The van der Waals surface area contributed by atoms with Crippen LogP contribution < -0.4 is 5.32 Å². The van der Waals surface area contributed by atoms with Gasteiger partial charge in [0.2, 0.25) is 5.91 Å². The van der Waals surface area contributed by atoms with Gasteiger partial charge >= 0.3 is 0 Å². The number of halogens is 1. The molecule has 2 aliphatic rings. The maximum atomic E-state index is 12.6. The summed E-state index contributed by atoms with van der Waals surface area (Å²) in [7, 11) is -3.15. The Morgan fingerprint density at radius 1 is 1.31 bits per heavy atom. The number of hydrogen-bond acceptors (Lipinski definition) is 5. The number of hydrogen-bond donors (Lipinski definition) is 1. The van der Waals surface area contributed by atoms with E-state index >= 15 is 0 Å². The highest BCUT2D eigenvalue weighted by molar-refractivity contribution is 7.91. The summed E-state index contributed by atoms with van der Waals surface area (Å²) in [5.41, 5.74) is 2.52. The van der Waals surface area contributed by atoms with Crippen molar-refractivity contribution in [2.24, 2.45) is 5.10 Å². The molecule has 1 aromatic rings. The van der Waals surface area contributed by atoms with E-state index in [0.29, 0.717) is 17.1 Å². The van der Waals surface area contributed by atoms with Crippen molar-refractivity contribution >= 4 is 44.7 Å². The number of carbonyl (C=O) groups is 2. The summed E-state index contributed by atoms with van der Waals surface area (Å²) >= 11 is 6.22. The van der Waals surface area contributed by atoms with E-state index in [2.05, 4.69) is 10.4 Å². The minimum Gasteiger partial charge on any atom is -0.319 e. The third kappa shape index (κ3) is 3.91. The second-order valence-corrected chi connectivity index (χ2v) is 9.37. The topological polar surface area (TPSA) is 95.9 Å². The molecule has 1 fully saturated rings. The first kappa shape index (κ1) is 18.8. The lowest BCUT2D eigenvalue weighted by molar-refractivity contribution is -0.133. The van der Waals surface area contributed by atoms with E-state index < -0.39 is 21.8 Å². The Bertz CT molecular complexity index is 888. The first-order valence-electron chi connectivity index (χ1n) is 8.34. The number of nitrogens with one attached hydrogen (secondary N) is 1. The number of sulfone groups is 1. The normalized spacial score (nSPS) is 22.3. The number of benzene rings is 1. The average Bonchev–Trinajstić information content (AvgIpc) is 2.91. The average molecular weight is 398 g/mol. The van der Waals surface area contributed by atoms with E-state index in [4.69, 9.17) is 11.6 Å². The van der Waals surface area contributed by atoms with Gasteiger partial charge < -0.3 is 5.32 Å². The van der Waals surface area contributed by atoms with Gasteiger partial charge in [0.15, 0.2) is 9.84 Å². The lowest BCUT2D eigenvalue weighted by Gasteiger charge is -2.27. The fourth-order valence-corrected chi connectivity index (χ4v) is 5.31. The molecule has 0 aromatic heterocycles. The molecule has 2 heterocycles. The van der Waals surface area contributed by atoms with Crippen molar-refractivity contribution < 1.29 is 18.0 Å². The SMILES string of the molecule is Cc1cc(C)c(NC(=O)C2=NN(C3CCS(=O)(=O)C3)C(=O)CC2)c(Cl)c1. The van der Waals surface area contributed by atoms with E-state index in [1.807, 2.05) is 19.9 Å². The molecule has 0 saturated carbocycles. The number of rotatable bonds is 3. The van der Waals surface area contributed by atoms with Crippen LogP contribution in [0, 0.1) is 13.8 Å². The van der Waals surface area contributed by atoms with Gasteiger partial charge in [-0.25, -0.2) is 13.4 Å². The Morgan fingerprint density at radius 3 is 2.65 bits per heavy atom. The molecule has 2 amide bonds. The zero-order valence-corrected chi connectivity index (χ0v) is 16.2. The van der Waals surface area contributed by atoms with E-state index in [0.717, 1.165) is 11.1 Å². The molecule has 1 unspecified atom stereocenters. The molecule has 0 radical (unpaired) electrons. The second kappa shape index (κ2) is 7.00. The summed E-state index contributed by atoms with van der Waals surface area (Å²) < 4.78 is 23.3. The molecule has 0 bridgehead atoms. The van der Waals surface area contributed by atoms with Crippen LogP contribution >= 0.6 is 11.6 Å². The largest absolute Gasteiger partial charge is 0.319 e. The molecule has 0 spiro atoms. The Balaban J connectivity index is 1.81. The highest BCUT2D eigenvalue weighted by atomic mass is 35.5. The molecule has 140 valence electrons. The Labute approximate surface area is 157 Å². The Hall–Kier alpha value is -1.93. The Kier molecular flexibility index (Phi) is 5.07. The predicted molar refractivity (Wildman–Crippen MR) is 100 cm³/mol. The monoisotopic (exact) mass is 397 g/mol. The predicted octanol–water partition coefficient (Wildman–Crippen LogP) is 2.06. The summed E-state index contributed by atoms with van der Waals surface area (Å²) in [5, 5.41) is 8.53. The van der Waals surface area contributed by atoms with Gasteiger partial charge in [-0.05, 0) is 37.5 Å². The highest BCUT2D eigenvalue weighted by Crippen LogP contribution is 2.28. The summed E-state index contributed by atoms with van der Waals surface area (Å²) in [4.78, 5) is 24.7. The van der Waals surface area contributed by atoms with Crippen molar-refractivity contribution in [1.82, 2.24) is 5.01 Å². The maximum Gasteiger partial charge on any atom is 0.271 e. The minimum absolute atomic E-state index is 0.0384. The zero-order valence-electron chi connectivity index (χ0n) is 14.6. The molecule has 9 heteroatoms. The number of nitrogens with zero attached hydrogens (tertiary/aromatic N) is 2. The van der Waals surface area contributed by atoms with Gasteiger partial charge in [-0.1, -0.05) is 17.7 Å². The third-order valence-corrected chi connectivity index (χ3v) is 6.59. The summed E-state index contributed by atoms with van der Waals surface area (Å²) in [5.74, 6) is -0.762. The van der Waals surface area contributed by atoms with Gasteiger partial charge in [-0.2, -0.15) is 5.10 Å². The molecule has 1 aromatic carbocycles. The second-order valence-electron chi connectivity index (χ2n) is 6.73.